The molecule has 7 heteroatoms. The van der Waals surface area contributed by atoms with Crippen molar-refractivity contribution in [2.75, 3.05) is 5.32 Å². The zero-order chi connectivity index (χ0) is 18.3. The fourth-order valence-electron chi connectivity index (χ4n) is 3.09. The minimum absolute atomic E-state index is 0.343. The molecule has 4 rings (SSSR count). The third-order valence-corrected chi connectivity index (χ3v) is 5.81. The van der Waals surface area contributed by atoms with Gasteiger partial charge in [0.15, 0.2) is 5.13 Å². The Labute approximate surface area is 161 Å². The van der Waals surface area contributed by atoms with E-state index in [0.717, 1.165) is 52.0 Å². The number of aryl methyl sites for hydroxylation is 2. The maximum Gasteiger partial charge on any atom is 0.263 e. The molecule has 0 radical (unpaired) electrons. The Morgan fingerprint density at radius 1 is 1.15 bits per heavy atom. The first-order valence-corrected chi connectivity index (χ1v) is 9.68. The summed E-state index contributed by atoms with van der Waals surface area (Å²) >= 11 is 4.83. The highest BCUT2D eigenvalue weighted by molar-refractivity contribution is 9.10. The molecule has 1 aliphatic rings. The van der Waals surface area contributed by atoms with Crippen molar-refractivity contribution in [3.8, 4) is 11.3 Å². The average molecular weight is 435 g/mol. The summed E-state index contributed by atoms with van der Waals surface area (Å²) in [5.74, 6) is -2.62. The summed E-state index contributed by atoms with van der Waals surface area (Å²) in [6.45, 7) is 0. The van der Waals surface area contributed by atoms with Gasteiger partial charge in [-0.3, -0.25) is 10.1 Å². The molecule has 1 heterocycles. The first-order chi connectivity index (χ1) is 12.5. The number of anilines is 1. The van der Waals surface area contributed by atoms with Gasteiger partial charge in [-0.25, -0.2) is 13.8 Å². The first-order valence-electron chi connectivity index (χ1n) is 8.07. The summed E-state index contributed by atoms with van der Waals surface area (Å²) < 4.78 is 28.6. The number of rotatable bonds is 2. The number of nitrogens with one attached hydrogen (secondary N) is 1. The lowest BCUT2D eigenvalue weighted by Gasteiger charge is -2.06. The van der Waals surface area contributed by atoms with Gasteiger partial charge in [0.2, 0.25) is 0 Å². The van der Waals surface area contributed by atoms with E-state index in [1.54, 1.807) is 0 Å². The van der Waals surface area contributed by atoms with Crippen LogP contribution in [-0.2, 0) is 12.8 Å². The third kappa shape index (κ3) is 3.17. The quantitative estimate of drug-likeness (QED) is 0.570. The van der Waals surface area contributed by atoms with Crippen LogP contribution in [0, 0.1) is 11.6 Å². The molecule has 132 valence electrons. The van der Waals surface area contributed by atoms with E-state index in [9.17, 15) is 13.6 Å². The summed E-state index contributed by atoms with van der Waals surface area (Å²) in [6.07, 6.45) is 2.80. The van der Waals surface area contributed by atoms with Crippen molar-refractivity contribution in [1.29, 1.82) is 0 Å². The number of halogens is 3. The van der Waals surface area contributed by atoms with E-state index in [0.29, 0.717) is 5.13 Å². The molecule has 26 heavy (non-hydrogen) atoms. The van der Waals surface area contributed by atoms with Gasteiger partial charge in [0.05, 0.1) is 5.69 Å². The lowest BCUT2D eigenvalue weighted by Crippen LogP contribution is -2.15. The van der Waals surface area contributed by atoms with Gasteiger partial charge >= 0.3 is 0 Å². The normalized spacial score (nSPS) is 12.9. The van der Waals surface area contributed by atoms with Gasteiger partial charge in [-0.05, 0) is 49.1 Å². The van der Waals surface area contributed by atoms with E-state index in [1.165, 1.54) is 23.0 Å². The van der Waals surface area contributed by atoms with Gasteiger partial charge in [-0.1, -0.05) is 28.1 Å². The Balaban J connectivity index is 1.69. The third-order valence-electron chi connectivity index (χ3n) is 4.28. The van der Waals surface area contributed by atoms with Crippen molar-refractivity contribution in [1.82, 2.24) is 4.98 Å². The second-order valence-corrected chi connectivity index (χ2v) is 8.00. The number of thiazole rings is 1. The van der Waals surface area contributed by atoms with Gasteiger partial charge in [-0.2, -0.15) is 0 Å². The van der Waals surface area contributed by atoms with Gasteiger partial charge in [-0.15, -0.1) is 11.3 Å². The summed E-state index contributed by atoms with van der Waals surface area (Å²) in [5, 5.41) is 2.88. The zero-order valence-electron chi connectivity index (χ0n) is 13.5. The molecule has 3 aromatic rings. The Kier molecular flexibility index (Phi) is 4.58. The number of nitrogens with zero attached hydrogens (tertiary/aromatic N) is 1. The van der Waals surface area contributed by atoms with Gasteiger partial charge in [0.25, 0.3) is 5.91 Å². The molecule has 0 aliphatic heterocycles. The highest BCUT2D eigenvalue weighted by Crippen LogP contribution is 2.38. The van der Waals surface area contributed by atoms with Crippen LogP contribution >= 0.6 is 27.3 Å². The molecule has 0 bridgehead atoms. The van der Waals surface area contributed by atoms with E-state index in [1.807, 2.05) is 12.1 Å². The van der Waals surface area contributed by atoms with Crippen molar-refractivity contribution in [3.05, 3.63) is 68.5 Å². The van der Waals surface area contributed by atoms with Crippen LogP contribution in [0.25, 0.3) is 11.3 Å². The number of carbonyl (C=O) groups is 1. The second-order valence-electron chi connectivity index (χ2n) is 6.00. The number of aromatic nitrogens is 1. The van der Waals surface area contributed by atoms with Crippen LogP contribution in [0.15, 0.2) is 40.9 Å². The van der Waals surface area contributed by atoms with Crippen LogP contribution in [0.3, 0.4) is 0 Å². The maximum atomic E-state index is 13.8. The molecule has 0 spiro atoms. The number of hydrogen-bond acceptors (Lipinski definition) is 3. The largest absolute Gasteiger partial charge is 0.298 e. The average Bonchev–Trinajstić information content (AvgIpc) is 2.91. The molecular formula is C19H13BrF2N2OS. The van der Waals surface area contributed by atoms with E-state index in [-0.39, 0.29) is 0 Å². The summed E-state index contributed by atoms with van der Waals surface area (Å²) in [4.78, 5) is 17.9. The van der Waals surface area contributed by atoms with Crippen LogP contribution < -0.4 is 5.32 Å². The first kappa shape index (κ1) is 17.3. The molecular weight excluding hydrogens is 422 g/mol. The predicted molar refractivity (Wildman–Crippen MR) is 102 cm³/mol. The second kappa shape index (κ2) is 6.89. The van der Waals surface area contributed by atoms with E-state index < -0.39 is 23.1 Å². The summed E-state index contributed by atoms with van der Waals surface area (Å²) in [7, 11) is 0. The molecule has 3 nitrogen and oxygen atoms in total. The molecule has 0 fully saturated rings. The zero-order valence-corrected chi connectivity index (χ0v) is 15.9. The highest BCUT2D eigenvalue weighted by Gasteiger charge is 2.22. The topological polar surface area (TPSA) is 42.0 Å². The fourth-order valence-corrected chi connectivity index (χ4v) is 4.46. The smallest absolute Gasteiger partial charge is 0.263 e. The minimum Gasteiger partial charge on any atom is -0.298 e. The SMILES string of the molecule is O=C(Nc1nc2c(s1)CCCc1ccc(Br)cc1-2)c1c(F)cccc1F. The predicted octanol–water partition coefficient (Wildman–Crippen LogP) is 5.59. The summed E-state index contributed by atoms with van der Waals surface area (Å²) in [5.41, 5.74) is 2.46. The van der Waals surface area contributed by atoms with E-state index in [4.69, 9.17) is 0 Å². The standard InChI is InChI=1S/C19H13BrF2N2OS/c20-11-8-7-10-3-1-6-15-17(12(10)9-11)23-19(26-15)24-18(25)16-13(21)4-2-5-14(16)22/h2,4-5,7-9H,1,3,6H2,(H,23,24,25). The number of amides is 1. The lowest BCUT2D eigenvalue weighted by molar-refractivity contribution is 0.101. The number of carbonyl (C=O) groups excluding carboxylic acids is 1. The van der Waals surface area contributed by atoms with Gasteiger partial charge in [0.1, 0.15) is 17.2 Å². The molecule has 0 saturated carbocycles. The van der Waals surface area contributed by atoms with Crippen LogP contribution in [0.1, 0.15) is 27.2 Å². The van der Waals surface area contributed by atoms with Crippen molar-refractivity contribution >= 4 is 38.3 Å². The van der Waals surface area contributed by atoms with Crippen LogP contribution in [0.2, 0.25) is 0 Å². The number of hydrogen-bond donors (Lipinski definition) is 1. The molecule has 1 N–H and O–H groups in total. The Bertz CT molecular complexity index is 999. The number of fused-ring (bicyclic) bond motifs is 3. The lowest BCUT2D eigenvalue weighted by atomic mass is 10.0. The van der Waals surface area contributed by atoms with Gasteiger partial charge in [0, 0.05) is 14.9 Å². The summed E-state index contributed by atoms with van der Waals surface area (Å²) in [6, 6.07) is 9.43. The minimum atomic E-state index is -0.894. The van der Waals surface area contributed by atoms with Crippen LogP contribution in [0.4, 0.5) is 13.9 Å². The molecule has 0 unspecified atom stereocenters. The number of benzene rings is 2. The molecule has 0 atom stereocenters. The van der Waals surface area contributed by atoms with Crippen molar-refractivity contribution < 1.29 is 13.6 Å². The molecule has 2 aromatic carbocycles. The highest BCUT2D eigenvalue weighted by atomic mass is 79.9. The van der Waals surface area contributed by atoms with Crippen LogP contribution in [-0.4, -0.2) is 10.9 Å². The molecule has 0 saturated heterocycles. The van der Waals surface area contributed by atoms with Crippen molar-refractivity contribution in [2.45, 2.75) is 19.3 Å². The molecule has 1 amide bonds. The van der Waals surface area contributed by atoms with Crippen molar-refractivity contribution in [2.24, 2.45) is 0 Å². The monoisotopic (exact) mass is 434 g/mol. The van der Waals surface area contributed by atoms with E-state index >= 15 is 0 Å². The Hall–Kier alpha value is -2.12. The fraction of sp³-hybridized carbons (Fsp3) is 0.158. The maximum absolute atomic E-state index is 13.8. The van der Waals surface area contributed by atoms with Crippen LogP contribution in [0.5, 0.6) is 0 Å². The Morgan fingerprint density at radius 2 is 1.92 bits per heavy atom. The Morgan fingerprint density at radius 3 is 2.69 bits per heavy atom. The molecule has 1 aliphatic carbocycles. The van der Waals surface area contributed by atoms with Gasteiger partial charge < -0.3 is 0 Å². The van der Waals surface area contributed by atoms with Crippen molar-refractivity contribution in [3.63, 3.8) is 0 Å². The van der Waals surface area contributed by atoms with E-state index in [2.05, 4.69) is 32.3 Å². The molecule has 1 aromatic heterocycles.